The highest BCUT2D eigenvalue weighted by atomic mass is 79.9. The van der Waals surface area contributed by atoms with E-state index in [2.05, 4.69) is 25.9 Å². The van der Waals surface area contributed by atoms with Crippen molar-refractivity contribution in [3.8, 4) is 11.4 Å². The number of hydrogen-bond acceptors (Lipinski definition) is 3. The highest BCUT2D eigenvalue weighted by Gasteiger charge is 2.18. The van der Waals surface area contributed by atoms with Gasteiger partial charge in [0.25, 0.3) is 0 Å². The van der Waals surface area contributed by atoms with E-state index in [4.69, 9.17) is 5.73 Å². The molecule has 1 aliphatic rings. The standard InChI is InChI=1S/C15H15BrFN3/c16-10-5-9(6-11(17)7-10)15-19-8-12-13(18)3-1-2-4-14(12)20-15/h5-8,13H,1-4,18H2. The van der Waals surface area contributed by atoms with Gasteiger partial charge >= 0.3 is 0 Å². The fraction of sp³-hybridized carbons (Fsp3) is 0.333. The number of fused-ring (bicyclic) bond motifs is 1. The lowest BCUT2D eigenvalue weighted by Gasteiger charge is -2.12. The third kappa shape index (κ3) is 2.74. The van der Waals surface area contributed by atoms with Crippen LogP contribution < -0.4 is 5.73 Å². The van der Waals surface area contributed by atoms with Crippen LogP contribution in [0.1, 0.15) is 36.6 Å². The summed E-state index contributed by atoms with van der Waals surface area (Å²) in [7, 11) is 0. The van der Waals surface area contributed by atoms with Gasteiger partial charge in [0.05, 0.1) is 0 Å². The first-order chi connectivity index (χ1) is 9.63. The molecule has 5 heteroatoms. The van der Waals surface area contributed by atoms with Crippen LogP contribution in [-0.2, 0) is 6.42 Å². The molecule has 0 spiro atoms. The molecule has 0 aliphatic heterocycles. The van der Waals surface area contributed by atoms with E-state index in [9.17, 15) is 4.39 Å². The number of nitrogens with two attached hydrogens (primary N) is 1. The summed E-state index contributed by atoms with van der Waals surface area (Å²) < 4.78 is 14.2. The van der Waals surface area contributed by atoms with Gasteiger partial charge in [-0.25, -0.2) is 14.4 Å². The topological polar surface area (TPSA) is 51.8 Å². The third-order valence-corrected chi connectivity index (χ3v) is 4.06. The van der Waals surface area contributed by atoms with Gasteiger partial charge in [-0.1, -0.05) is 22.4 Å². The van der Waals surface area contributed by atoms with Gasteiger partial charge in [-0.15, -0.1) is 0 Å². The van der Waals surface area contributed by atoms with Crippen molar-refractivity contribution in [3.63, 3.8) is 0 Å². The lowest BCUT2D eigenvalue weighted by molar-refractivity contribution is 0.614. The van der Waals surface area contributed by atoms with E-state index in [1.807, 2.05) is 6.07 Å². The van der Waals surface area contributed by atoms with Crippen LogP contribution in [0.5, 0.6) is 0 Å². The van der Waals surface area contributed by atoms with Gasteiger partial charge in [0.2, 0.25) is 0 Å². The molecule has 0 amide bonds. The zero-order chi connectivity index (χ0) is 14.1. The zero-order valence-corrected chi connectivity index (χ0v) is 12.5. The first-order valence-corrected chi connectivity index (χ1v) is 7.50. The molecule has 1 aliphatic carbocycles. The van der Waals surface area contributed by atoms with Gasteiger partial charge in [0.15, 0.2) is 5.82 Å². The monoisotopic (exact) mass is 335 g/mol. The molecule has 20 heavy (non-hydrogen) atoms. The average molecular weight is 336 g/mol. The minimum absolute atomic E-state index is 0.0146. The Labute approximate surface area is 125 Å². The van der Waals surface area contributed by atoms with Crippen LogP contribution in [-0.4, -0.2) is 9.97 Å². The van der Waals surface area contributed by atoms with Crippen LogP contribution in [0.3, 0.4) is 0 Å². The largest absolute Gasteiger partial charge is 0.324 e. The molecule has 1 unspecified atom stereocenters. The van der Waals surface area contributed by atoms with E-state index in [-0.39, 0.29) is 11.9 Å². The molecule has 1 atom stereocenters. The molecular weight excluding hydrogens is 321 g/mol. The maximum Gasteiger partial charge on any atom is 0.159 e. The SMILES string of the molecule is NC1CCCCc2nc(-c3cc(F)cc(Br)c3)ncc21. The lowest BCUT2D eigenvalue weighted by atomic mass is 10.1. The smallest absolute Gasteiger partial charge is 0.159 e. The Morgan fingerprint density at radius 3 is 2.90 bits per heavy atom. The molecule has 0 radical (unpaired) electrons. The molecule has 3 nitrogen and oxygen atoms in total. The molecule has 1 aromatic carbocycles. The second kappa shape index (κ2) is 5.58. The number of benzene rings is 1. The summed E-state index contributed by atoms with van der Waals surface area (Å²) in [6.07, 6.45) is 5.88. The van der Waals surface area contributed by atoms with Gasteiger partial charge in [-0.3, -0.25) is 0 Å². The number of hydrogen-bond donors (Lipinski definition) is 1. The van der Waals surface area contributed by atoms with Crippen molar-refractivity contribution in [2.75, 3.05) is 0 Å². The maximum atomic E-state index is 13.5. The van der Waals surface area contributed by atoms with Crippen molar-refractivity contribution in [2.45, 2.75) is 31.7 Å². The summed E-state index contributed by atoms with van der Waals surface area (Å²) in [6, 6.07) is 4.70. The number of aryl methyl sites for hydroxylation is 1. The Morgan fingerprint density at radius 2 is 2.10 bits per heavy atom. The fourth-order valence-corrected chi connectivity index (χ4v) is 3.04. The summed E-state index contributed by atoms with van der Waals surface area (Å²) in [4.78, 5) is 8.96. The second-order valence-electron chi connectivity index (χ2n) is 5.11. The minimum Gasteiger partial charge on any atom is -0.324 e. The molecule has 2 aromatic rings. The summed E-state index contributed by atoms with van der Waals surface area (Å²) in [5.41, 5.74) is 8.84. The van der Waals surface area contributed by atoms with Crippen molar-refractivity contribution in [2.24, 2.45) is 5.73 Å². The van der Waals surface area contributed by atoms with Crippen molar-refractivity contribution in [3.05, 3.63) is 45.9 Å². The molecule has 1 aromatic heterocycles. The molecular formula is C15H15BrFN3. The number of aromatic nitrogens is 2. The first-order valence-electron chi connectivity index (χ1n) is 6.71. The molecule has 2 N–H and O–H groups in total. The van der Waals surface area contributed by atoms with E-state index in [0.717, 1.165) is 36.9 Å². The Hall–Kier alpha value is -1.33. The van der Waals surface area contributed by atoms with E-state index in [0.29, 0.717) is 15.9 Å². The van der Waals surface area contributed by atoms with Crippen molar-refractivity contribution in [1.29, 1.82) is 0 Å². The van der Waals surface area contributed by atoms with E-state index in [1.165, 1.54) is 12.1 Å². The van der Waals surface area contributed by atoms with Gasteiger partial charge in [-0.2, -0.15) is 0 Å². The van der Waals surface area contributed by atoms with Crippen LogP contribution in [0.2, 0.25) is 0 Å². The van der Waals surface area contributed by atoms with Gasteiger partial charge < -0.3 is 5.73 Å². The van der Waals surface area contributed by atoms with Crippen LogP contribution in [0.15, 0.2) is 28.9 Å². The minimum atomic E-state index is -0.301. The highest BCUT2D eigenvalue weighted by molar-refractivity contribution is 9.10. The van der Waals surface area contributed by atoms with Gasteiger partial charge in [0, 0.05) is 33.5 Å². The van der Waals surface area contributed by atoms with Crippen LogP contribution in [0.4, 0.5) is 4.39 Å². The quantitative estimate of drug-likeness (QED) is 0.807. The second-order valence-corrected chi connectivity index (χ2v) is 6.02. The van der Waals surface area contributed by atoms with E-state index in [1.54, 1.807) is 6.20 Å². The zero-order valence-electron chi connectivity index (χ0n) is 10.9. The number of nitrogens with zero attached hydrogens (tertiary/aromatic N) is 2. The fourth-order valence-electron chi connectivity index (χ4n) is 2.57. The summed E-state index contributed by atoms with van der Waals surface area (Å²) >= 11 is 3.29. The predicted molar refractivity (Wildman–Crippen MR) is 79.6 cm³/mol. The lowest BCUT2D eigenvalue weighted by Crippen LogP contribution is -2.12. The molecule has 1 heterocycles. The first kappa shape index (κ1) is 13.6. The summed E-state index contributed by atoms with van der Waals surface area (Å²) in [5, 5.41) is 0. The van der Waals surface area contributed by atoms with Crippen molar-refractivity contribution >= 4 is 15.9 Å². The van der Waals surface area contributed by atoms with E-state index < -0.39 is 0 Å². The summed E-state index contributed by atoms with van der Waals surface area (Å²) in [6.45, 7) is 0. The Bertz CT molecular complexity index is 625. The maximum absolute atomic E-state index is 13.5. The normalized spacial score (nSPS) is 18.4. The average Bonchev–Trinajstić information content (AvgIpc) is 2.59. The van der Waals surface area contributed by atoms with E-state index >= 15 is 0 Å². The Morgan fingerprint density at radius 1 is 1.25 bits per heavy atom. The predicted octanol–water partition coefficient (Wildman–Crippen LogP) is 3.77. The molecule has 0 saturated heterocycles. The molecule has 0 saturated carbocycles. The van der Waals surface area contributed by atoms with Crippen molar-refractivity contribution in [1.82, 2.24) is 9.97 Å². The number of halogens is 2. The Kier molecular flexibility index (Phi) is 3.81. The molecule has 0 fully saturated rings. The van der Waals surface area contributed by atoms with Crippen LogP contribution >= 0.6 is 15.9 Å². The number of rotatable bonds is 1. The van der Waals surface area contributed by atoms with Crippen LogP contribution in [0, 0.1) is 5.82 Å². The summed E-state index contributed by atoms with van der Waals surface area (Å²) in [5.74, 6) is 0.252. The molecule has 104 valence electrons. The van der Waals surface area contributed by atoms with Crippen LogP contribution in [0.25, 0.3) is 11.4 Å². The Balaban J connectivity index is 2.05. The molecule has 0 bridgehead atoms. The van der Waals surface area contributed by atoms with Crippen molar-refractivity contribution < 1.29 is 4.39 Å². The highest BCUT2D eigenvalue weighted by Crippen LogP contribution is 2.28. The molecule has 3 rings (SSSR count). The van der Waals surface area contributed by atoms with Gasteiger partial charge in [0.1, 0.15) is 5.82 Å². The third-order valence-electron chi connectivity index (χ3n) is 3.60. The van der Waals surface area contributed by atoms with Gasteiger partial charge in [-0.05, 0) is 37.5 Å².